The number of benzene rings is 1. The first-order valence-corrected chi connectivity index (χ1v) is 11.9. The van der Waals surface area contributed by atoms with Crippen LogP contribution in [0.25, 0.3) is 4.96 Å². The first-order chi connectivity index (χ1) is 14.7. The van der Waals surface area contributed by atoms with Gasteiger partial charge in [-0.25, -0.2) is 13.4 Å². The van der Waals surface area contributed by atoms with E-state index in [4.69, 9.17) is 4.74 Å². The summed E-state index contributed by atoms with van der Waals surface area (Å²) in [5, 5.41) is 11.8. The lowest BCUT2D eigenvalue weighted by Crippen LogP contribution is -2.41. The lowest BCUT2D eigenvalue weighted by Gasteiger charge is -2.22. The predicted molar refractivity (Wildman–Crippen MR) is 113 cm³/mol. The van der Waals surface area contributed by atoms with Crippen LogP contribution in [0.3, 0.4) is 0 Å². The van der Waals surface area contributed by atoms with Gasteiger partial charge in [0.25, 0.3) is 5.56 Å². The monoisotopic (exact) mass is 463 g/mol. The summed E-state index contributed by atoms with van der Waals surface area (Å²) in [6.45, 7) is 3.21. The molecule has 1 saturated heterocycles. The maximum atomic E-state index is 13.1. The smallest absolute Gasteiger partial charge is 0.324 e. The van der Waals surface area contributed by atoms with E-state index in [2.05, 4.69) is 4.98 Å². The third-order valence-electron chi connectivity index (χ3n) is 5.31. The highest BCUT2D eigenvalue weighted by atomic mass is 32.2. The van der Waals surface area contributed by atoms with Crippen molar-refractivity contribution in [2.75, 3.05) is 6.54 Å². The Labute approximate surface area is 182 Å². The van der Waals surface area contributed by atoms with Crippen LogP contribution in [0.5, 0.6) is 0 Å². The molecular formula is C20H21N3O6S2. The van der Waals surface area contributed by atoms with E-state index in [9.17, 15) is 23.1 Å². The first kappa shape index (κ1) is 21.6. The number of sulfonamides is 1. The number of ether oxygens (including phenoxy) is 1. The topological polar surface area (TPSA) is 118 Å². The van der Waals surface area contributed by atoms with Crippen LogP contribution >= 0.6 is 11.3 Å². The number of carbonyl (C=O) groups is 1. The number of hydrogen-bond acceptors (Lipinski definition) is 8. The normalized spacial score (nSPS) is 19.7. The van der Waals surface area contributed by atoms with Gasteiger partial charge in [-0.1, -0.05) is 6.07 Å². The van der Waals surface area contributed by atoms with Crippen molar-refractivity contribution >= 4 is 32.3 Å². The average molecular weight is 464 g/mol. The summed E-state index contributed by atoms with van der Waals surface area (Å²) < 4.78 is 33.9. The summed E-state index contributed by atoms with van der Waals surface area (Å²) in [5.74, 6) is -0.794. The number of β-amino-alcohol motifs (C(OH)–C–C–N with tert-alkyl or cyclic N) is 1. The molecule has 0 bridgehead atoms. The molecule has 1 aliphatic heterocycles. The highest BCUT2D eigenvalue weighted by Crippen LogP contribution is 2.28. The molecule has 0 amide bonds. The number of rotatable bonds is 5. The van der Waals surface area contributed by atoms with Crippen LogP contribution < -0.4 is 5.56 Å². The minimum absolute atomic E-state index is 0.0559. The first-order valence-electron chi connectivity index (χ1n) is 9.56. The van der Waals surface area contributed by atoms with E-state index < -0.39 is 28.1 Å². The van der Waals surface area contributed by atoms with Crippen molar-refractivity contribution < 1.29 is 23.1 Å². The zero-order chi connectivity index (χ0) is 22.3. The largest absolute Gasteiger partial charge is 0.458 e. The Balaban J connectivity index is 1.54. The zero-order valence-electron chi connectivity index (χ0n) is 16.9. The number of aliphatic hydroxyl groups is 1. The SMILES string of the molecule is Cc1ccc(S(=O)(=O)N2CC(O)CC2C(=O)OCc2cc(=O)n3ccsc3n2)cc1C. The number of fused-ring (bicyclic) bond motifs is 1. The van der Waals surface area contributed by atoms with Gasteiger partial charge in [-0.05, 0) is 37.1 Å². The molecule has 0 radical (unpaired) electrons. The second-order valence-electron chi connectivity index (χ2n) is 7.48. The third kappa shape index (κ3) is 4.13. The van der Waals surface area contributed by atoms with Crippen LogP contribution in [-0.4, -0.2) is 51.9 Å². The molecule has 3 heterocycles. The van der Waals surface area contributed by atoms with Gasteiger partial charge in [0.2, 0.25) is 10.0 Å². The van der Waals surface area contributed by atoms with Crippen LogP contribution in [0.15, 0.2) is 45.5 Å². The summed E-state index contributed by atoms with van der Waals surface area (Å²) >= 11 is 1.27. The van der Waals surface area contributed by atoms with E-state index in [0.717, 1.165) is 15.4 Å². The maximum Gasteiger partial charge on any atom is 0.324 e. The Hall–Kier alpha value is -2.60. The van der Waals surface area contributed by atoms with Crippen LogP contribution in [0.4, 0.5) is 0 Å². The van der Waals surface area contributed by atoms with E-state index in [0.29, 0.717) is 4.96 Å². The maximum absolute atomic E-state index is 13.1. The van der Waals surface area contributed by atoms with Crippen LogP contribution in [0, 0.1) is 13.8 Å². The number of aliphatic hydroxyl groups excluding tert-OH is 1. The van der Waals surface area contributed by atoms with Gasteiger partial charge in [0.15, 0.2) is 4.96 Å². The standard InChI is InChI=1S/C20H21N3O6S2/c1-12-3-4-16(7-13(12)2)31(27,28)23-10-15(24)9-17(23)19(26)29-11-14-8-18(25)22-5-6-30-20(22)21-14/h3-8,15,17,24H,9-11H2,1-2H3. The van der Waals surface area contributed by atoms with Gasteiger partial charge < -0.3 is 9.84 Å². The quantitative estimate of drug-likeness (QED) is 0.566. The van der Waals surface area contributed by atoms with Gasteiger partial charge in [0.1, 0.15) is 12.6 Å². The van der Waals surface area contributed by atoms with Crippen molar-refractivity contribution in [2.45, 2.75) is 43.9 Å². The molecule has 11 heteroatoms. The van der Waals surface area contributed by atoms with Crippen LogP contribution in [0.2, 0.25) is 0 Å². The zero-order valence-corrected chi connectivity index (χ0v) is 18.5. The molecule has 4 rings (SSSR count). The van der Waals surface area contributed by atoms with Crippen LogP contribution in [-0.2, 0) is 26.2 Å². The molecule has 9 nitrogen and oxygen atoms in total. The Morgan fingerprint density at radius 2 is 2.06 bits per heavy atom. The van der Waals surface area contributed by atoms with Gasteiger partial charge in [-0.2, -0.15) is 4.31 Å². The second-order valence-corrected chi connectivity index (χ2v) is 10.2. The van der Waals surface area contributed by atoms with E-state index in [-0.39, 0.29) is 35.7 Å². The number of esters is 1. The fourth-order valence-corrected chi connectivity index (χ4v) is 5.93. The van der Waals surface area contributed by atoms with Crippen molar-refractivity contribution in [3.63, 3.8) is 0 Å². The van der Waals surface area contributed by atoms with Crippen molar-refractivity contribution in [3.05, 3.63) is 63.0 Å². The number of thiazole rings is 1. The summed E-state index contributed by atoms with van der Waals surface area (Å²) in [6, 6.07) is 4.84. The highest BCUT2D eigenvalue weighted by molar-refractivity contribution is 7.89. The van der Waals surface area contributed by atoms with Gasteiger partial charge in [-0.3, -0.25) is 14.0 Å². The van der Waals surface area contributed by atoms with Crippen molar-refractivity contribution in [1.82, 2.24) is 13.7 Å². The number of hydrogen-bond donors (Lipinski definition) is 1. The minimum Gasteiger partial charge on any atom is -0.458 e. The molecule has 1 N–H and O–H groups in total. The molecule has 2 atom stereocenters. The fraction of sp³-hybridized carbons (Fsp3) is 0.350. The average Bonchev–Trinajstić information content (AvgIpc) is 3.35. The van der Waals surface area contributed by atoms with E-state index in [1.807, 2.05) is 6.92 Å². The molecule has 1 aromatic carbocycles. The lowest BCUT2D eigenvalue weighted by molar-refractivity contribution is -0.149. The number of carbonyl (C=O) groups excluding carboxylic acids is 1. The summed E-state index contributed by atoms with van der Waals surface area (Å²) in [4.78, 5) is 29.6. The van der Waals surface area contributed by atoms with Crippen LogP contribution in [0.1, 0.15) is 23.2 Å². The van der Waals surface area contributed by atoms with Gasteiger partial charge in [0.05, 0.1) is 16.7 Å². The number of aromatic nitrogens is 2. The second kappa shape index (κ2) is 8.15. The number of aryl methyl sites for hydroxylation is 2. The third-order valence-corrected chi connectivity index (χ3v) is 7.94. The Kier molecular flexibility index (Phi) is 5.69. The Morgan fingerprint density at radius 1 is 1.29 bits per heavy atom. The van der Waals surface area contributed by atoms with E-state index >= 15 is 0 Å². The van der Waals surface area contributed by atoms with E-state index in [1.165, 1.54) is 27.9 Å². The molecule has 164 valence electrons. The molecule has 0 saturated carbocycles. The van der Waals surface area contributed by atoms with Gasteiger partial charge in [0, 0.05) is 30.6 Å². The minimum atomic E-state index is -4.01. The van der Waals surface area contributed by atoms with Gasteiger partial charge >= 0.3 is 5.97 Å². The lowest BCUT2D eigenvalue weighted by atomic mass is 10.1. The summed E-state index contributed by atoms with van der Waals surface area (Å²) in [7, 11) is -4.01. The molecule has 31 heavy (non-hydrogen) atoms. The Bertz CT molecular complexity index is 1310. The summed E-state index contributed by atoms with van der Waals surface area (Å²) in [6.07, 6.45) is 0.549. The summed E-state index contributed by atoms with van der Waals surface area (Å²) in [5.41, 5.74) is 1.72. The molecule has 2 aromatic heterocycles. The fourth-order valence-electron chi connectivity index (χ4n) is 3.48. The van der Waals surface area contributed by atoms with Crippen molar-refractivity contribution in [2.24, 2.45) is 0 Å². The molecule has 2 unspecified atom stereocenters. The molecule has 1 fully saturated rings. The number of nitrogens with zero attached hydrogens (tertiary/aromatic N) is 3. The molecule has 0 spiro atoms. The molecule has 3 aromatic rings. The molecule has 0 aliphatic carbocycles. The van der Waals surface area contributed by atoms with Crippen molar-refractivity contribution in [1.29, 1.82) is 0 Å². The van der Waals surface area contributed by atoms with E-state index in [1.54, 1.807) is 30.6 Å². The molecular weight excluding hydrogens is 442 g/mol. The van der Waals surface area contributed by atoms with Gasteiger partial charge in [-0.15, -0.1) is 11.3 Å². The molecule has 1 aliphatic rings. The predicted octanol–water partition coefficient (Wildman–Crippen LogP) is 1.24. The Morgan fingerprint density at radius 3 is 2.81 bits per heavy atom. The van der Waals surface area contributed by atoms with Crippen molar-refractivity contribution in [3.8, 4) is 0 Å². The highest BCUT2D eigenvalue weighted by Gasteiger charge is 2.44.